The highest BCUT2D eigenvalue weighted by Gasteiger charge is 1.79. The third-order valence-corrected chi connectivity index (χ3v) is 1.65. The lowest BCUT2D eigenvalue weighted by molar-refractivity contribution is 1.14. The Bertz CT molecular complexity index is 64.6. The van der Waals surface area contributed by atoms with Crippen molar-refractivity contribution in [1.82, 2.24) is 0 Å². The molecule has 0 unspecified atom stereocenters. The molecule has 0 N–H and O–H groups in total. The van der Waals surface area contributed by atoms with Crippen LogP contribution in [0.1, 0.15) is 26.7 Å². The maximum absolute atomic E-state index is 3.40. The van der Waals surface area contributed by atoms with Crippen molar-refractivity contribution in [3.63, 3.8) is 0 Å². The molecule has 0 nitrogen and oxygen atoms in total. The molecule has 0 radical (unpaired) electrons. The van der Waals surface area contributed by atoms with E-state index in [2.05, 4.69) is 35.9 Å². The summed E-state index contributed by atoms with van der Waals surface area (Å²) in [6.07, 6.45) is 4.43. The molecule has 0 heterocycles. The average molecular weight is 163 g/mol. The molecule has 42 valence electrons. The highest BCUT2D eigenvalue weighted by molar-refractivity contribution is 9.11. The predicted octanol–water partition coefficient (Wildman–Crippen LogP) is 3.09. The molecule has 7 heavy (non-hydrogen) atoms. The number of hydrogen-bond acceptors (Lipinski definition) is 0. The monoisotopic (exact) mass is 162 g/mol. The van der Waals surface area contributed by atoms with Gasteiger partial charge in [-0.3, -0.25) is 0 Å². The predicted molar refractivity (Wildman–Crippen MR) is 37.6 cm³/mol. The first kappa shape index (κ1) is 7.22. The Hall–Kier alpha value is 0.220. The van der Waals surface area contributed by atoms with E-state index in [4.69, 9.17) is 0 Å². The molecule has 0 spiro atoms. The summed E-state index contributed by atoms with van der Waals surface area (Å²) < 4.78 is 1.31. The summed E-state index contributed by atoms with van der Waals surface area (Å²) >= 11 is 3.40. The maximum Gasteiger partial charge on any atom is -0.00921 e. The van der Waals surface area contributed by atoms with Crippen LogP contribution in [-0.4, -0.2) is 0 Å². The van der Waals surface area contributed by atoms with Crippen LogP contribution in [0.15, 0.2) is 10.6 Å². The summed E-state index contributed by atoms with van der Waals surface area (Å²) in [5.41, 5.74) is 0. The summed E-state index contributed by atoms with van der Waals surface area (Å²) in [5, 5.41) is 0. The first-order chi connectivity index (χ1) is 3.31. The van der Waals surface area contributed by atoms with E-state index < -0.39 is 0 Å². The van der Waals surface area contributed by atoms with Crippen molar-refractivity contribution in [3.8, 4) is 0 Å². The average Bonchev–Trinajstić information content (AvgIpc) is 1.68. The molecule has 0 amide bonds. The van der Waals surface area contributed by atoms with Crippen LogP contribution in [0.25, 0.3) is 0 Å². The molecule has 0 aliphatic carbocycles. The minimum absolute atomic E-state index is 1.12. The number of hydrogen-bond donors (Lipinski definition) is 0. The molecule has 0 bridgehead atoms. The van der Waals surface area contributed by atoms with Gasteiger partial charge in [0.05, 0.1) is 0 Å². The Morgan fingerprint density at radius 2 is 2.14 bits per heavy atom. The van der Waals surface area contributed by atoms with Crippen LogP contribution in [0, 0.1) is 0 Å². The fraction of sp³-hybridized carbons (Fsp3) is 0.667. The fourth-order valence-corrected chi connectivity index (χ4v) is 0.690. The lowest BCUT2D eigenvalue weighted by Crippen LogP contribution is -1.62. The highest BCUT2D eigenvalue weighted by atomic mass is 79.9. The van der Waals surface area contributed by atoms with Gasteiger partial charge in [-0.15, -0.1) is 0 Å². The van der Waals surface area contributed by atoms with Crippen molar-refractivity contribution in [2.75, 3.05) is 0 Å². The minimum Gasteiger partial charge on any atom is -0.0747 e. The van der Waals surface area contributed by atoms with Gasteiger partial charge < -0.3 is 0 Å². The Morgan fingerprint density at radius 3 is 2.29 bits per heavy atom. The van der Waals surface area contributed by atoms with Crippen molar-refractivity contribution in [3.05, 3.63) is 10.6 Å². The molecular formula is C6H11Br. The summed E-state index contributed by atoms with van der Waals surface area (Å²) in [6, 6.07) is 0. The number of allylic oxidation sites excluding steroid dienone is 2. The summed E-state index contributed by atoms with van der Waals surface area (Å²) in [6.45, 7) is 4.27. The van der Waals surface area contributed by atoms with Gasteiger partial charge in [0.2, 0.25) is 0 Å². The largest absolute Gasteiger partial charge is 0.0747 e. The van der Waals surface area contributed by atoms with E-state index in [1.807, 2.05) is 0 Å². The summed E-state index contributed by atoms with van der Waals surface area (Å²) in [4.78, 5) is 0. The van der Waals surface area contributed by atoms with Crippen molar-refractivity contribution in [2.45, 2.75) is 26.7 Å². The quantitative estimate of drug-likeness (QED) is 0.586. The molecule has 0 saturated heterocycles. The van der Waals surface area contributed by atoms with Gasteiger partial charge in [-0.2, -0.15) is 0 Å². The van der Waals surface area contributed by atoms with E-state index in [-0.39, 0.29) is 0 Å². The Balaban J connectivity index is 3.29. The molecule has 0 aliphatic heterocycles. The van der Waals surface area contributed by atoms with E-state index in [0.29, 0.717) is 0 Å². The van der Waals surface area contributed by atoms with Crippen LogP contribution in [0.5, 0.6) is 0 Å². The molecule has 0 aliphatic rings. The van der Waals surface area contributed by atoms with Crippen LogP contribution in [0.4, 0.5) is 0 Å². The summed E-state index contributed by atoms with van der Waals surface area (Å²) in [7, 11) is 0. The topological polar surface area (TPSA) is 0 Å². The highest BCUT2D eigenvalue weighted by Crippen LogP contribution is 2.08. The molecule has 0 atom stereocenters. The van der Waals surface area contributed by atoms with Gasteiger partial charge in [-0.05, 0) is 17.3 Å². The van der Waals surface area contributed by atoms with Crippen LogP contribution in [0.2, 0.25) is 0 Å². The molecule has 1 heteroatoms. The van der Waals surface area contributed by atoms with Crippen LogP contribution < -0.4 is 0 Å². The lowest BCUT2D eigenvalue weighted by atomic mass is 10.4. The van der Waals surface area contributed by atoms with Crippen molar-refractivity contribution in [2.24, 2.45) is 0 Å². The second kappa shape index (κ2) is 4.38. The Labute approximate surface area is 53.7 Å². The molecule has 0 aromatic carbocycles. The van der Waals surface area contributed by atoms with Gasteiger partial charge in [0.15, 0.2) is 0 Å². The van der Waals surface area contributed by atoms with Gasteiger partial charge in [-0.25, -0.2) is 0 Å². The smallest absolute Gasteiger partial charge is 0.00921 e. The molecule has 0 saturated carbocycles. The van der Waals surface area contributed by atoms with Crippen LogP contribution in [0.3, 0.4) is 0 Å². The third-order valence-electron chi connectivity index (χ3n) is 0.763. The standard InChI is InChI=1S/C6H11Br/c1-3-5-6(7)4-2/h5H,3-4H2,1-2H3/b6-5+. The van der Waals surface area contributed by atoms with Gasteiger partial charge in [-0.1, -0.05) is 35.9 Å². The molecule has 0 aromatic heterocycles. The first-order valence-electron chi connectivity index (χ1n) is 2.65. The molecule has 0 fully saturated rings. The van der Waals surface area contributed by atoms with Gasteiger partial charge >= 0.3 is 0 Å². The Kier molecular flexibility index (Phi) is 4.52. The zero-order valence-electron chi connectivity index (χ0n) is 4.87. The third kappa shape index (κ3) is 4.07. The van der Waals surface area contributed by atoms with E-state index in [0.717, 1.165) is 12.8 Å². The van der Waals surface area contributed by atoms with Gasteiger partial charge in [0.1, 0.15) is 0 Å². The van der Waals surface area contributed by atoms with Crippen molar-refractivity contribution < 1.29 is 0 Å². The van der Waals surface area contributed by atoms with E-state index in [9.17, 15) is 0 Å². The normalized spacial score (nSPS) is 12.1. The van der Waals surface area contributed by atoms with Crippen LogP contribution >= 0.6 is 15.9 Å². The second-order valence-corrected chi connectivity index (χ2v) is 2.43. The molecular weight excluding hydrogens is 152 g/mol. The first-order valence-corrected chi connectivity index (χ1v) is 3.45. The lowest BCUT2D eigenvalue weighted by Gasteiger charge is -1.85. The van der Waals surface area contributed by atoms with E-state index in [1.165, 1.54) is 4.48 Å². The van der Waals surface area contributed by atoms with Crippen molar-refractivity contribution in [1.29, 1.82) is 0 Å². The molecule has 0 rings (SSSR count). The molecule has 0 aromatic rings. The van der Waals surface area contributed by atoms with Gasteiger partial charge in [0, 0.05) is 0 Å². The maximum atomic E-state index is 3.40. The number of rotatable bonds is 2. The van der Waals surface area contributed by atoms with E-state index in [1.54, 1.807) is 0 Å². The van der Waals surface area contributed by atoms with E-state index >= 15 is 0 Å². The summed E-state index contributed by atoms with van der Waals surface area (Å²) in [5.74, 6) is 0. The Morgan fingerprint density at radius 1 is 1.57 bits per heavy atom. The minimum atomic E-state index is 1.12. The fourth-order valence-electron chi connectivity index (χ4n) is 0.366. The SMILES string of the molecule is CC/C=C(/Br)CC. The van der Waals surface area contributed by atoms with Crippen molar-refractivity contribution >= 4 is 15.9 Å². The zero-order valence-corrected chi connectivity index (χ0v) is 6.46. The zero-order chi connectivity index (χ0) is 5.70. The van der Waals surface area contributed by atoms with Gasteiger partial charge in [0.25, 0.3) is 0 Å². The second-order valence-electron chi connectivity index (χ2n) is 1.41. The van der Waals surface area contributed by atoms with Crippen LogP contribution in [-0.2, 0) is 0 Å². The number of halogens is 1.